The number of piperazine rings is 1. The molecule has 3 aromatic heterocycles. The molecular weight excluding hydrogens is 368 g/mol. The summed E-state index contributed by atoms with van der Waals surface area (Å²) >= 11 is 0. The van der Waals surface area contributed by atoms with Gasteiger partial charge in [-0.05, 0) is 38.1 Å². The molecule has 150 valence electrons. The van der Waals surface area contributed by atoms with E-state index in [0.29, 0.717) is 24.5 Å². The van der Waals surface area contributed by atoms with E-state index in [-0.39, 0.29) is 5.91 Å². The van der Waals surface area contributed by atoms with Crippen molar-refractivity contribution in [2.24, 2.45) is 7.05 Å². The Labute approximate surface area is 169 Å². The van der Waals surface area contributed by atoms with E-state index in [1.807, 2.05) is 50.1 Å². The highest BCUT2D eigenvalue weighted by Crippen LogP contribution is 2.19. The molecule has 1 aliphatic rings. The number of hydrogen-bond donors (Lipinski definition) is 1. The lowest BCUT2D eigenvalue weighted by Crippen LogP contribution is -2.49. The van der Waals surface area contributed by atoms with Crippen molar-refractivity contribution in [1.29, 1.82) is 0 Å². The number of pyridine rings is 1. The summed E-state index contributed by atoms with van der Waals surface area (Å²) in [6, 6.07) is 7.60. The van der Waals surface area contributed by atoms with Crippen LogP contribution >= 0.6 is 0 Å². The molecule has 29 heavy (non-hydrogen) atoms. The first-order valence-corrected chi connectivity index (χ1v) is 9.58. The third-order valence-electron chi connectivity index (χ3n) is 5.22. The average Bonchev–Trinajstić information content (AvgIpc) is 3.00. The van der Waals surface area contributed by atoms with Gasteiger partial charge in [0.05, 0.1) is 11.3 Å². The Morgan fingerprint density at radius 1 is 1.00 bits per heavy atom. The second-order valence-electron chi connectivity index (χ2n) is 7.09. The van der Waals surface area contributed by atoms with Gasteiger partial charge in [-0.25, -0.2) is 0 Å². The van der Waals surface area contributed by atoms with E-state index in [4.69, 9.17) is 0 Å². The zero-order valence-electron chi connectivity index (χ0n) is 16.8. The molecule has 0 atom stereocenters. The molecule has 0 radical (unpaired) electrons. The Kier molecular flexibility index (Phi) is 5.11. The van der Waals surface area contributed by atoms with E-state index in [2.05, 4.69) is 30.5 Å². The summed E-state index contributed by atoms with van der Waals surface area (Å²) in [5, 5.41) is 16.2. The van der Waals surface area contributed by atoms with Crippen LogP contribution in [0.5, 0.6) is 0 Å². The standard InChI is InChI=1S/C20H24N8O/c1-14-19(15(2)26(3)25-14)20(29)28-12-10-27(11-13-28)18-5-4-17(23-24-18)22-16-6-8-21-9-7-16/h4-9H,10-13H2,1-3H3,(H,21,22,23). The van der Waals surface area contributed by atoms with E-state index in [9.17, 15) is 4.79 Å². The highest BCUT2D eigenvalue weighted by molar-refractivity contribution is 5.96. The fourth-order valence-corrected chi connectivity index (χ4v) is 3.52. The summed E-state index contributed by atoms with van der Waals surface area (Å²) in [5.74, 6) is 1.54. The monoisotopic (exact) mass is 392 g/mol. The van der Waals surface area contributed by atoms with Gasteiger partial charge in [-0.15, -0.1) is 10.2 Å². The number of nitrogens with one attached hydrogen (secondary N) is 1. The Balaban J connectivity index is 1.37. The number of carbonyl (C=O) groups excluding carboxylic acids is 1. The summed E-state index contributed by atoms with van der Waals surface area (Å²) in [4.78, 5) is 21.0. The smallest absolute Gasteiger partial charge is 0.257 e. The lowest BCUT2D eigenvalue weighted by molar-refractivity contribution is 0.0745. The summed E-state index contributed by atoms with van der Waals surface area (Å²) in [7, 11) is 1.86. The zero-order chi connectivity index (χ0) is 20.4. The maximum atomic E-state index is 12.9. The van der Waals surface area contributed by atoms with E-state index in [1.54, 1.807) is 17.1 Å². The van der Waals surface area contributed by atoms with Crippen molar-refractivity contribution in [2.75, 3.05) is 36.4 Å². The zero-order valence-corrected chi connectivity index (χ0v) is 16.8. The fourth-order valence-electron chi connectivity index (χ4n) is 3.52. The van der Waals surface area contributed by atoms with Gasteiger partial charge in [0.1, 0.15) is 0 Å². The number of carbonyl (C=O) groups is 1. The molecule has 1 N–H and O–H groups in total. The normalized spacial score (nSPS) is 14.2. The Hall–Kier alpha value is -3.49. The minimum Gasteiger partial charge on any atom is -0.352 e. The van der Waals surface area contributed by atoms with Crippen LogP contribution in [0.25, 0.3) is 0 Å². The molecule has 9 heteroatoms. The van der Waals surface area contributed by atoms with Crippen molar-refractivity contribution >= 4 is 23.2 Å². The van der Waals surface area contributed by atoms with Crippen LogP contribution in [0, 0.1) is 13.8 Å². The van der Waals surface area contributed by atoms with E-state index in [1.165, 1.54) is 0 Å². The fraction of sp³-hybridized carbons (Fsp3) is 0.350. The Bertz CT molecular complexity index is 991. The molecule has 3 aromatic rings. The van der Waals surface area contributed by atoms with Gasteiger partial charge >= 0.3 is 0 Å². The van der Waals surface area contributed by atoms with Gasteiger partial charge < -0.3 is 15.1 Å². The molecule has 1 fully saturated rings. The maximum Gasteiger partial charge on any atom is 0.257 e. The molecule has 0 aromatic carbocycles. The van der Waals surface area contributed by atoms with E-state index < -0.39 is 0 Å². The minimum absolute atomic E-state index is 0.0516. The van der Waals surface area contributed by atoms with E-state index in [0.717, 1.165) is 36.0 Å². The third kappa shape index (κ3) is 3.89. The largest absolute Gasteiger partial charge is 0.352 e. The minimum atomic E-state index is 0.0516. The van der Waals surface area contributed by atoms with Crippen LogP contribution < -0.4 is 10.2 Å². The van der Waals surface area contributed by atoms with E-state index >= 15 is 0 Å². The number of rotatable bonds is 4. The van der Waals surface area contributed by atoms with Gasteiger partial charge in [-0.1, -0.05) is 0 Å². The molecule has 0 aliphatic carbocycles. The van der Waals surface area contributed by atoms with Gasteiger partial charge in [0.2, 0.25) is 0 Å². The first-order chi connectivity index (χ1) is 14.0. The first kappa shape index (κ1) is 18.9. The number of hydrogen-bond acceptors (Lipinski definition) is 7. The van der Waals surface area contributed by atoms with Crippen molar-refractivity contribution in [3.8, 4) is 0 Å². The Morgan fingerprint density at radius 2 is 1.72 bits per heavy atom. The van der Waals surface area contributed by atoms with Crippen LogP contribution in [-0.2, 0) is 7.05 Å². The summed E-state index contributed by atoms with van der Waals surface area (Å²) in [5.41, 5.74) is 3.31. The molecular formula is C20H24N8O. The second-order valence-corrected chi connectivity index (χ2v) is 7.09. The predicted octanol–water partition coefficient (Wildman–Crippen LogP) is 1.93. The number of aryl methyl sites for hydroxylation is 2. The van der Waals surface area contributed by atoms with Crippen molar-refractivity contribution in [3.63, 3.8) is 0 Å². The summed E-state index contributed by atoms with van der Waals surface area (Å²) < 4.78 is 1.76. The van der Waals surface area contributed by atoms with Crippen LogP contribution in [0.4, 0.5) is 17.3 Å². The predicted molar refractivity (Wildman–Crippen MR) is 110 cm³/mol. The number of amides is 1. The quantitative estimate of drug-likeness (QED) is 0.725. The third-order valence-corrected chi connectivity index (χ3v) is 5.22. The molecule has 1 saturated heterocycles. The van der Waals surface area contributed by atoms with Crippen molar-refractivity contribution in [2.45, 2.75) is 13.8 Å². The number of nitrogens with zero attached hydrogens (tertiary/aromatic N) is 7. The topological polar surface area (TPSA) is 92.1 Å². The molecule has 0 unspecified atom stereocenters. The average molecular weight is 392 g/mol. The second kappa shape index (κ2) is 7.86. The van der Waals surface area contributed by atoms with Crippen molar-refractivity contribution in [3.05, 3.63) is 53.6 Å². The van der Waals surface area contributed by atoms with Gasteiger partial charge in [0.15, 0.2) is 11.6 Å². The van der Waals surface area contributed by atoms with Gasteiger partial charge in [0, 0.05) is 57.0 Å². The van der Waals surface area contributed by atoms with Gasteiger partial charge in [0.25, 0.3) is 5.91 Å². The molecule has 1 amide bonds. The number of anilines is 3. The van der Waals surface area contributed by atoms with Gasteiger partial charge in [-0.3, -0.25) is 14.5 Å². The van der Waals surface area contributed by atoms with Crippen LogP contribution in [-0.4, -0.2) is 61.9 Å². The van der Waals surface area contributed by atoms with Crippen LogP contribution in [0.1, 0.15) is 21.7 Å². The lowest BCUT2D eigenvalue weighted by atomic mass is 10.1. The molecule has 4 heterocycles. The summed E-state index contributed by atoms with van der Waals surface area (Å²) in [6.45, 7) is 6.54. The number of aromatic nitrogens is 5. The molecule has 0 saturated carbocycles. The maximum absolute atomic E-state index is 12.9. The van der Waals surface area contributed by atoms with Crippen LogP contribution in [0.2, 0.25) is 0 Å². The Morgan fingerprint density at radius 3 is 2.31 bits per heavy atom. The lowest BCUT2D eigenvalue weighted by Gasteiger charge is -2.35. The SMILES string of the molecule is Cc1nn(C)c(C)c1C(=O)N1CCN(c2ccc(Nc3ccncc3)nn2)CC1. The molecule has 0 bridgehead atoms. The summed E-state index contributed by atoms with van der Waals surface area (Å²) in [6.07, 6.45) is 3.44. The van der Waals surface area contributed by atoms with Crippen molar-refractivity contribution < 1.29 is 4.79 Å². The highest BCUT2D eigenvalue weighted by Gasteiger charge is 2.27. The molecule has 1 aliphatic heterocycles. The molecule has 0 spiro atoms. The van der Waals surface area contributed by atoms with Crippen LogP contribution in [0.15, 0.2) is 36.7 Å². The highest BCUT2D eigenvalue weighted by atomic mass is 16.2. The van der Waals surface area contributed by atoms with Gasteiger partial charge in [-0.2, -0.15) is 5.10 Å². The van der Waals surface area contributed by atoms with Crippen molar-refractivity contribution in [1.82, 2.24) is 29.9 Å². The molecule has 9 nitrogen and oxygen atoms in total. The molecule has 4 rings (SSSR count). The first-order valence-electron chi connectivity index (χ1n) is 9.58. The van der Waals surface area contributed by atoms with Crippen LogP contribution in [0.3, 0.4) is 0 Å².